The van der Waals surface area contributed by atoms with Gasteiger partial charge < -0.3 is 4.74 Å². The van der Waals surface area contributed by atoms with Crippen molar-refractivity contribution in [3.63, 3.8) is 0 Å². The highest BCUT2D eigenvalue weighted by Gasteiger charge is 2.13. The van der Waals surface area contributed by atoms with Crippen LogP contribution in [0.25, 0.3) is 0 Å². The Morgan fingerprint density at radius 2 is 2.23 bits per heavy atom. The maximum Gasteiger partial charge on any atom is 0.122 e. The van der Waals surface area contributed by atoms with E-state index in [0.717, 1.165) is 31.7 Å². The first-order valence-electron chi connectivity index (χ1n) is 8.09. The van der Waals surface area contributed by atoms with E-state index in [9.17, 15) is 0 Å². The number of hydrogen-bond donors (Lipinski definition) is 0. The lowest BCUT2D eigenvalue weighted by atomic mass is 10.0. The summed E-state index contributed by atoms with van der Waals surface area (Å²) in [5.41, 5.74) is 4.07. The predicted octanol–water partition coefficient (Wildman–Crippen LogP) is 3.64. The summed E-state index contributed by atoms with van der Waals surface area (Å²) in [4.78, 5) is 6.61. The Balaban J connectivity index is 1.50. The molecule has 2 aromatic rings. The molecule has 2 heterocycles. The van der Waals surface area contributed by atoms with Gasteiger partial charge in [0.15, 0.2) is 0 Å². The van der Waals surface area contributed by atoms with Crippen molar-refractivity contribution in [1.82, 2.24) is 9.88 Å². The van der Waals surface area contributed by atoms with Gasteiger partial charge in [-0.15, -0.1) is 0 Å². The van der Waals surface area contributed by atoms with E-state index in [1.54, 1.807) is 0 Å². The molecule has 1 aromatic heterocycles. The molecule has 0 radical (unpaired) electrons. The molecular formula is C19H24N2O. The molecule has 1 aromatic carbocycles. The van der Waals surface area contributed by atoms with Crippen LogP contribution in [0.3, 0.4) is 0 Å². The van der Waals surface area contributed by atoms with Crippen molar-refractivity contribution >= 4 is 0 Å². The second-order valence-electron chi connectivity index (χ2n) is 6.09. The molecule has 0 bridgehead atoms. The highest BCUT2D eigenvalue weighted by atomic mass is 16.5. The minimum atomic E-state index is 0.405. The maximum absolute atomic E-state index is 5.56. The summed E-state index contributed by atoms with van der Waals surface area (Å²) in [5, 5.41) is 0. The number of ether oxygens (including phenoxy) is 1. The van der Waals surface area contributed by atoms with Gasteiger partial charge in [-0.3, -0.25) is 9.88 Å². The number of rotatable bonds is 6. The summed E-state index contributed by atoms with van der Waals surface area (Å²) in [7, 11) is 2.19. The molecule has 22 heavy (non-hydrogen) atoms. The van der Waals surface area contributed by atoms with E-state index in [-0.39, 0.29) is 0 Å². The van der Waals surface area contributed by atoms with E-state index < -0.39 is 0 Å². The van der Waals surface area contributed by atoms with E-state index in [0.29, 0.717) is 6.04 Å². The number of hydrogen-bond acceptors (Lipinski definition) is 3. The first-order valence-corrected chi connectivity index (χ1v) is 8.09. The third-order valence-electron chi connectivity index (χ3n) is 4.56. The molecule has 1 atom stereocenters. The molecule has 3 rings (SSSR count). The second-order valence-corrected chi connectivity index (χ2v) is 6.09. The van der Waals surface area contributed by atoms with Gasteiger partial charge in [-0.05, 0) is 62.2 Å². The normalized spacial score (nSPS) is 14.7. The highest BCUT2D eigenvalue weighted by Crippen LogP contribution is 2.26. The number of aromatic nitrogens is 1. The van der Waals surface area contributed by atoms with Gasteiger partial charge in [0.05, 0.1) is 6.61 Å². The van der Waals surface area contributed by atoms with Crippen LogP contribution in [0.2, 0.25) is 0 Å². The molecule has 0 amide bonds. The summed E-state index contributed by atoms with van der Waals surface area (Å²) < 4.78 is 5.56. The van der Waals surface area contributed by atoms with Gasteiger partial charge in [0, 0.05) is 24.9 Å². The minimum Gasteiger partial charge on any atom is -0.493 e. The van der Waals surface area contributed by atoms with Crippen molar-refractivity contribution in [2.24, 2.45) is 0 Å². The molecule has 116 valence electrons. The van der Waals surface area contributed by atoms with Gasteiger partial charge in [-0.25, -0.2) is 0 Å². The molecule has 1 unspecified atom stereocenters. The Labute approximate surface area is 132 Å². The molecule has 1 aliphatic heterocycles. The van der Waals surface area contributed by atoms with E-state index in [1.807, 2.05) is 18.5 Å². The summed E-state index contributed by atoms with van der Waals surface area (Å²) in [6.45, 7) is 4.16. The van der Waals surface area contributed by atoms with Gasteiger partial charge in [0.2, 0.25) is 0 Å². The Bertz CT molecular complexity index is 612. The van der Waals surface area contributed by atoms with E-state index in [2.05, 4.69) is 48.1 Å². The van der Waals surface area contributed by atoms with Crippen LogP contribution in [-0.4, -0.2) is 30.1 Å². The third kappa shape index (κ3) is 3.47. The number of pyridine rings is 1. The molecule has 3 heteroatoms. The molecule has 0 saturated heterocycles. The van der Waals surface area contributed by atoms with Gasteiger partial charge in [0.1, 0.15) is 5.75 Å². The summed E-state index contributed by atoms with van der Waals surface area (Å²) in [6.07, 6.45) is 7.13. The number of nitrogens with zero attached hydrogens (tertiary/aromatic N) is 2. The fourth-order valence-corrected chi connectivity index (χ4v) is 3.00. The minimum absolute atomic E-state index is 0.405. The average Bonchev–Trinajstić information content (AvgIpc) is 3.02. The molecule has 3 nitrogen and oxygen atoms in total. The average molecular weight is 296 g/mol. The Hall–Kier alpha value is -1.87. The Kier molecular flexibility index (Phi) is 4.74. The molecule has 0 spiro atoms. The number of benzene rings is 1. The van der Waals surface area contributed by atoms with Crippen molar-refractivity contribution in [2.75, 3.05) is 20.2 Å². The van der Waals surface area contributed by atoms with Crippen LogP contribution < -0.4 is 4.74 Å². The van der Waals surface area contributed by atoms with Crippen LogP contribution in [0, 0.1) is 0 Å². The lowest BCUT2D eigenvalue weighted by Gasteiger charge is -2.24. The number of fused-ring (bicyclic) bond motifs is 1. The van der Waals surface area contributed by atoms with Gasteiger partial charge >= 0.3 is 0 Å². The zero-order chi connectivity index (χ0) is 15.4. The predicted molar refractivity (Wildman–Crippen MR) is 89.2 cm³/mol. The Morgan fingerprint density at radius 1 is 1.32 bits per heavy atom. The summed E-state index contributed by atoms with van der Waals surface area (Å²) in [6, 6.07) is 11.2. The fraction of sp³-hybridized carbons (Fsp3) is 0.421. The maximum atomic E-state index is 5.56. The van der Waals surface area contributed by atoms with Crippen LogP contribution in [0.15, 0.2) is 42.7 Å². The van der Waals surface area contributed by atoms with Crippen LogP contribution >= 0.6 is 0 Å². The van der Waals surface area contributed by atoms with Crippen molar-refractivity contribution in [3.05, 3.63) is 59.4 Å². The summed E-state index contributed by atoms with van der Waals surface area (Å²) >= 11 is 0. The SMILES string of the molecule is CC(c1cccnc1)N(C)CCCc1ccc2c(c1)CCO2. The van der Waals surface area contributed by atoms with Crippen molar-refractivity contribution < 1.29 is 4.74 Å². The molecular weight excluding hydrogens is 272 g/mol. The summed E-state index contributed by atoms with van der Waals surface area (Å²) in [5.74, 6) is 1.08. The molecule has 0 saturated carbocycles. The van der Waals surface area contributed by atoms with Crippen LogP contribution in [0.1, 0.15) is 36.1 Å². The van der Waals surface area contributed by atoms with Crippen LogP contribution in [0.4, 0.5) is 0 Å². The zero-order valence-corrected chi connectivity index (χ0v) is 13.5. The van der Waals surface area contributed by atoms with E-state index in [1.165, 1.54) is 23.1 Å². The fourth-order valence-electron chi connectivity index (χ4n) is 3.00. The van der Waals surface area contributed by atoms with Crippen molar-refractivity contribution in [3.8, 4) is 5.75 Å². The third-order valence-corrected chi connectivity index (χ3v) is 4.56. The topological polar surface area (TPSA) is 25.4 Å². The Morgan fingerprint density at radius 3 is 3.05 bits per heavy atom. The molecule has 1 aliphatic rings. The van der Waals surface area contributed by atoms with E-state index in [4.69, 9.17) is 4.74 Å². The van der Waals surface area contributed by atoms with Gasteiger partial charge in [-0.1, -0.05) is 18.2 Å². The van der Waals surface area contributed by atoms with Crippen molar-refractivity contribution in [1.29, 1.82) is 0 Å². The lowest BCUT2D eigenvalue weighted by molar-refractivity contribution is 0.258. The van der Waals surface area contributed by atoms with Crippen LogP contribution in [0.5, 0.6) is 5.75 Å². The standard InChI is InChI=1S/C19H24N2O/c1-15(18-6-3-10-20-14-18)21(2)11-4-5-16-7-8-19-17(13-16)9-12-22-19/h3,6-8,10,13-15H,4-5,9,11-12H2,1-2H3. The first-order chi connectivity index (χ1) is 10.7. The van der Waals surface area contributed by atoms with Gasteiger partial charge in [0.25, 0.3) is 0 Å². The van der Waals surface area contributed by atoms with E-state index >= 15 is 0 Å². The largest absolute Gasteiger partial charge is 0.493 e. The van der Waals surface area contributed by atoms with Crippen LogP contribution in [-0.2, 0) is 12.8 Å². The highest BCUT2D eigenvalue weighted by molar-refractivity contribution is 5.39. The smallest absolute Gasteiger partial charge is 0.122 e. The molecule has 0 aliphatic carbocycles. The second kappa shape index (κ2) is 6.93. The quantitative estimate of drug-likeness (QED) is 0.813. The zero-order valence-electron chi connectivity index (χ0n) is 13.5. The molecule has 0 fully saturated rings. The lowest BCUT2D eigenvalue weighted by Crippen LogP contribution is -2.24. The first kappa shape index (κ1) is 15.0. The monoisotopic (exact) mass is 296 g/mol. The number of aryl methyl sites for hydroxylation is 1. The molecule has 0 N–H and O–H groups in total. The van der Waals surface area contributed by atoms with Crippen molar-refractivity contribution in [2.45, 2.75) is 32.2 Å². The van der Waals surface area contributed by atoms with Gasteiger partial charge in [-0.2, -0.15) is 0 Å².